The fraction of sp³-hybridized carbons (Fsp3) is 0.176. The summed E-state index contributed by atoms with van der Waals surface area (Å²) in [4.78, 5) is 0. The van der Waals surface area contributed by atoms with E-state index < -0.39 is 0 Å². The van der Waals surface area contributed by atoms with Gasteiger partial charge in [-0.15, -0.1) is 0 Å². The highest BCUT2D eigenvalue weighted by atomic mass is 16.5. The normalized spacial score (nSPS) is 10.6. The van der Waals surface area contributed by atoms with Crippen LogP contribution < -0.4 is 14.2 Å². The number of hydrogen-bond acceptors (Lipinski definition) is 4. The standard InChI is InChI=1S/C17H18O4/c1-19-15-8-6-12(10-14(15)18)4-5-13-7-9-16(20-2)17(11-13)21-3/h4-11,18H,1-3H3/b5-4+. The number of phenols is 1. The Bertz CT molecular complexity index is 647. The quantitative estimate of drug-likeness (QED) is 0.853. The van der Waals surface area contributed by atoms with Crippen molar-refractivity contribution < 1.29 is 19.3 Å². The molecule has 0 radical (unpaired) electrons. The van der Waals surface area contributed by atoms with Crippen molar-refractivity contribution in [1.82, 2.24) is 0 Å². The highest BCUT2D eigenvalue weighted by molar-refractivity contribution is 5.72. The summed E-state index contributed by atoms with van der Waals surface area (Å²) in [5.41, 5.74) is 1.85. The maximum absolute atomic E-state index is 9.74. The van der Waals surface area contributed by atoms with Gasteiger partial charge in [-0.3, -0.25) is 0 Å². The maximum atomic E-state index is 9.74. The van der Waals surface area contributed by atoms with Gasteiger partial charge in [-0.1, -0.05) is 24.3 Å². The molecule has 110 valence electrons. The van der Waals surface area contributed by atoms with Crippen LogP contribution in [0.3, 0.4) is 0 Å². The highest BCUT2D eigenvalue weighted by Crippen LogP contribution is 2.29. The molecule has 0 unspecified atom stereocenters. The first-order valence-corrected chi connectivity index (χ1v) is 6.45. The Morgan fingerprint density at radius 3 is 1.76 bits per heavy atom. The summed E-state index contributed by atoms with van der Waals surface area (Å²) in [6.07, 6.45) is 3.84. The SMILES string of the molecule is COc1ccc(/C=C/c2ccc(OC)c(OC)c2)cc1O. The minimum Gasteiger partial charge on any atom is -0.504 e. The molecule has 2 aromatic rings. The van der Waals surface area contributed by atoms with Crippen LogP contribution in [0.2, 0.25) is 0 Å². The molecule has 21 heavy (non-hydrogen) atoms. The van der Waals surface area contributed by atoms with Gasteiger partial charge < -0.3 is 19.3 Å². The first kappa shape index (κ1) is 14.8. The number of aromatic hydroxyl groups is 1. The Balaban J connectivity index is 2.23. The molecular formula is C17H18O4. The topological polar surface area (TPSA) is 47.9 Å². The predicted molar refractivity (Wildman–Crippen MR) is 83.1 cm³/mol. The van der Waals surface area contributed by atoms with Gasteiger partial charge in [-0.25, -0.2) is 0 Å². The lowest BCUT2D eigenvalue weighted by atomic mass is 10.1. The predicted octanol–water partition coefficient (Wildman–Crippen LogP) is 3.59. The van der Waals surface area contributed by atoms with Gasteiger partial charge in [0.05, 0.1) is 21.3 Å². The van der Waals surface area contributed by atoms with Crippen molar-refractivity contribution in [2.24, 2.45) is 0 Å². The van der Waals surface area contributed by atoms with Gasteiger partial charge in [0.1, 0.15) is 0 Å². The smallest absolute Gasteiger partial charge is 0.161 e. The zero-order valence-electron chi connectivity index (χ0n) is 12.3. The minimum absolute atomic E-state index is 0.118. The number of phenolic OH excluding ortho intramolecular Hbond substituents is 1. The third-order valence-electron chi connectivity index (χ3n) is 3.08. The molecule has 0 saturated carbocycles. The third-order valence-corrected chi connectivity index (χ3v) is 3.08. The van der Waals surface area contributed by atoms with Gasteiger partial charge in [0.25, 0.3) is 0 Å². The van der Waals surface area contributed by atoms with Gasteiger partial charge in [-0.05, 0) is 35.4 Å². The van der Waals surface area contributed by atoms with Gasteiger partial charge in [0.2, 0.25) is 0 Å². The van der Waals surface area contributed by atoms with E-state index in [0.717, 1.165) is 11.1 Å². The molecule has 0 aliphatic rings. The maximum Gasteiger partial charge on any atom is 0.161 e. The number of benzene rings is 2. The molecule has 4 heteroatoms. The van der Waals surface area contributed by atoms with E-state index >= 15 is 0 Å². The first-order valence-electron chi connectivity index (χ1n) is 6.45. The number of rotatable bonds is 5. The lowest BCUT2D eigenvalue weighted by Gasteiger charge is -2.07. The average molecular weight is 286 g/mol. The van der Waals surface area contributed by atoms with Crippen LogP contribution in [0.25, 0.3) is 12.2 Å². The summed E-state index contributed by atoms with van der Waals surface area (Å²) in [7, 11) is 4.73. The van der Waals surface area contributed by atoms with E-state index in [9.17, 15) is 5.11 Å². The van der Waals surface area contributed by atoms with E-state index in [-0.39, 0.29) is 5.75 Å². The molecule has 1 N–H and O–H groups in total. The molecular weight excluding hydrogens is 268 g/mol. The Morgan fingerprint density at radius 2 is 1.24 bits per heavy atom. The molecule has 0 spiro atoms. The summed E-state index contributed by atoms with van der Waals surface area (Å²) < 4.78 is 15.5. The van der Waals surface area contributed by atoms with E-state index in [1.165, 1.54) is 7.11 Å². The highest BCUT2D eigenvalue weighted by Gasteiger charge is 2.03. The zero-order chi connectivity index (χ0) is 15.2. The van der Waals surface area contributed by atoms with Gasteiger partial charge in [0.15, 0.2) is 23.0 Å². The molecule has 0 bridgehead atoms. The number of ether oxygens (including phenoxy) is 3. The Hall–Kier alpha value is -2.62. The summed E-state index contributed by atoms with van der Waals surface area (Å²) in [6, 6.07) is 10.9. The van der Waals surface area contributed by atoms with Crippen molar-refractivity contribution in [1.29, 1.82) is 0 Å². The van der Waals surface area contributed by atoms with Crippen molar-refractivity contribution >= 4 is 12.2 Å². The van der Waals surface area contributed by atoms with Crippen molar-refractivity contribution in [3.63, 3.8) is 0 Å². The van der Waals surface area contributed by atoms with E-state index in [4.69, 9.17) is 14.2 Å². The summed E-state index contributed by atoms with van der Waals surface area (Å²) >= 11 is 0. The van der Waals surface area contributed by atoms with Crippen LogP contribution in [-0.4, -0.2) is 26.4 Å². The second kappa shape index (κ2) is 6.70. The molecule has 0 amide bonds. The lowest BCUT2D eigenvalue weighted by molar-refractivity contribution is 0.355. The number of hydrogen-bond donors (Lipinski definition) is 1. The van der Waals surface area contributed by atoms with Crippen LogP contribution in [0.1, 0.15) is 11.1 Å². The van der Waals surface area contributed by atoms with Gasteiger partial charge in [0, 0.05) is 0 Å². The molecule has 4 nitrogen and oxygen atoms in total. The molecule has 2 rings (SSSR count). The Morgan fingerprint density at radius 1 is 0.714 bits per heavy atom. The zero-order valence-corrected chi connectivity index (χ0v) is 12.3. The monoisotopic (exact) mass is 286 g/mol. The summed E-state index contributed by atoms with van der Waals surface area (Å²) in [5, 5.41) is 9.74. The molecule has 0 fully saturated rings. The second-order valence-corrected chi connectivity index (χ2v) is 4.38. The first-order chi connectivity index (χ1) is 10.2. The molecule has 0 saturated heterocycles. The molecule has 0 aromatic heterocycles. The van der Waals surface area contributed by atoms with E-state index in [1.54, 1.807) is 26.4 Å². The van der Waals surface area contributed by atoms with Crippen LogP contribution in [0, 0.1) is 0 Å². The molecule has 0 aliphatic heterocycles. The lowest BCUT2D eigenvalue weighted by Crippen LogP contribution is -1.90. The fourth-order valence-electron chi connectivity index (χ4n) is 1.96. The molecule has 0 atom stereocenters. The van der Waals surface area contributed by atoms with Crippen molar-refractivity contribution in [3.8, 4) is 23.0 Å². The average Bonchev–Trinajstić information content (AvgIpc) is 2.52. The Labute approximate surface area is 124 Å². The van der Waals surface area contributed by atoms with Crippen LogP contribution in [0.15, 0.2) is 36.4 Å². The Kier molecular flexibility index (Phi) is 4.72. The molecule has 2 aromatic carbocycles. The van der Waals surface area contributed by atoms with E-state index in [1.807, 2.05) is 36.4 Å². The van der Waals surface area contributed by atoms with Crippen LogP contribution in [-0.2, 0) is 0 Å². The number of methoxy groups -OCH3 is 3. The largest absolute Gasteiger partial charge is 0.504 e. The van der Waals surface area contributed by atoms with Crippen molar-refractivity contribution in [2.45, 2.75) is 0 Å². The van der Waals surface area contributed by atoms with E-state index in [2.05, 4.69) is 0 Å². The van der Waals surface area contributed by atoms with Crippen molar-refractivity contribution in [3.05, 3.63) is 47.5 Å². The fourth-order valence-corrected chi connectivity index (χ4v) is 1.96. The van der Waals surface area contributed by atoms with Crippen LogP contribution in [0.5, 0.6) is 23.0 Å². The molecule has 0 aliphatic carbocycles. The van der Waals surface area contributed by atoms with Crippen LogP contribution >= 0.6 is 0 Å². The summed E-state index contributed by atoms with van der Waals surface area (Å²) in [6.45, 7) is 0. The molecule has 0 heterocycles. The van der Waals surface area contributed by atoms with Gasteiger partial charge in [-0.2, -0.15) is 0 Å². The van der Waals surface area contributed by atoms with Gasteiger partial charge >= 0.3 is 0 Å². The van der Waals surface area contributed by atoms with E-state index in [0.29, 0.717) is 17.2 Å². The van der Waals surface area contributed by atoms with Crippen LogP contribution in [0.4, 0.5) is 0 Å². The van der Waals surface area contributed by atoms with Crippen molar-refractivity contribution in [2.75, 3.05) is 21.3 Å². The third kappa shape index (κ3) is 3.48. The summed E-state index contributed by atoms with van der Waals surface area (Å²) in [5.74, 6) is 1.94. The second-order valence-electron chi connectivity index (χ2n) is 4.38. The minimum atomic E-state index is 0.118.